The molecule has 4 aromatic rings. The highest BCUT2D eigenvalue weighted by molar-refractivity contribution is 5.90. The smallest absolute Gasteiger partial charge is 0.222 e. The molecule has 0 saturated carbocycles. The third kappa shape index (κ3) is 2.80. The predicted molar refractivity (Wildman–Crippen MR) is 96.2 cm³/mol. The lowest BCUT2D eigenvalue weighted by Crippen LogP contribution is -2.04. The summed E-state index contributed by atoms with van der Waals surface area (Å²) < 4.78 is 28.8. The number of nitrogens with two attached hydrogens (primary N) is 2. The van der Waals surface area contributed by atoms with Crippen molar-refractivity contribution in [1.82, 2.24) is 29.5 Å². The molecule has 0 atom stereocenters. The van der Waals surface area contributed by atoms with Crippen molar-refractivity contribution in [3.8, 4) is 22.8 Å². The highest BCUT2D eigenvalue weighted by Gasteiger charge is 2.20. The highest BCUT2D eigenvalue weighted by Crippen LogP contribution is 2.30. The standard InChI is InChI=1S/C17H14F2N8/c1-2-27-14(11-5-6-22-16(20)23-11)24-13-12(25-17(21)26-15(13)27)8-3-4-9(18)10(19)7-8/h3-7H,2H2,1H3,(H2,20,22,23)(H2,21,25,26). The Morgan fingerprint density at radius 3 is 2.48 bits per heavy atom. The fourth-order valence-electron chi connectivity index (χ4n) is 2.86. The summed E-state index contributed by atoms with van der Waals surface area (Å²) in [5, 5.41) is 0. The van der Waals surface area contributed by atoms with E-state index >= 15 is 0 Å². The Hall–Kier alpha value is -3.69. The van der Waals surface area contributed by atoms with Gasteiger partial charge in [-0.25, -0.2) is 28.7 Å². The molecule has 0 radical (unpaired) electrons. The molecule has 3 aromatic heterocycles. The maximum atomic E-state index is 13.7. The Morgan fingerprint density at radius 1 is 0.963 bits per heavy atom. The van der Waals surface area contributed by atoms with Crippen LogP contribution in [-0.2, 0) is 6.54 Å². The van der Waals surface area contributed by atoms with Gasteiger partial charge in [0.15, 0.2) is 23.1 Å². The third-order valence-electron chi connectivity index (χ3n) is 4.02. The number of aryl methyl sites for hydroxylation is 1. The minimum atomic E-state index is -0.989. The number of imidazole rings is 1. The van der Waals surface area contributed by atoms with E-state index in [0.717, 1.165) is 12.1 Å². The molecule has 27 heavy (non-hydrogen) atoms. The summed E-state index contributed by atoms with van der Waals surface area (Å²) in [4.78, 5) is 21.1. The van der Waals surface area contributed by atoms with Gasteiger partial charge >= 0.3 is 0 Å². The maximum absolute atomic E-state index is 13.7. The molecular formula is C17H14F2N8. The van der Waals surface area contributed by atoms with Gasteiger partial charge < -0.3 is 16.0 Å². The van der Waals surface area contributed by atoms with Crippen LogP contribution < -0.4 is 11.5 Å². The summed E-state index contributed by atoms with van der Waals surface area (Å²) in [6.45, 7) is 2.42. The molecule has 0 bridgehead atoms. The van der Waals surface area contributed by atoms with E-state index in [0.29, 0.717) is 40.5 Å². The van der Waals surface area contributed by atoms with Crippen molar-refractivity contribution in [2.75, 3.05) is 11.5 Å². The van der Waals surface area contributed by atoms with Crippen LogP contribution in [0.3, 0.4) is 0 Å². The van der Waals surface area contributed by atoms with E-state index in [9.17, 15) is 8.78 Å². The molecule has 0 spiro atoms. The van der Waals surface area contributed by atoms with Crippen molar-refractivity contribution in [1.29, 1.82) is 0 Å². The third-order valence-corrected chi connectivity index (χ3v) is 4.02. The van der Waals surface area contributed by atoms with Gasteiger partial charge in [0.2, 0.25) is 11.9 Å². The molecule has 0 aliphatic heterocycles. The number of hydrogen-bond acceptors (Lipinski definition) is 7. The van der Waals surface area contributed by atoms with Gasteiger partial charge in [-0.15, -0.1) is 0 Å². The molecule has 0 fully saturated rings. The predicted octanol–water partition coefficient (Wildman–Crippen LogP) is 2.41. The average Bonchev–Trinajstić information content (AvgIpc) is 3.01. The van der Waals surface area contributed by atoms with E-state index in [-0.39, 0.29) is 11.9 Å². The second kappa shape index (κ2) is 6.24. The number of fused-ring (bicyclic) bond motifs is 1. The summed E-state index contributed by atoms with van der Waals surface area (Å²) in [5.41, 5.74) is 13.5. The van der Waals surface area contributed by atoms with Gasteiger partial charge in [0.1, 0.15) is 16.9 Å². The van der Waals surface area contributed by atoms with Crippen LogP contribution in [0.4, 0.5) is 20.7 Å². The summed E-state index contributed by atoms with van der Waals surface area (Å²) in [7, 11) is 0. The lowest BCUT2D eigenvalue weighted by atomic mass is 10.1. The van der Waals surface area contributed by atoms with Gasteiger partial charge in [-0.1, -0.05) is 0 Å². The lowest BCUT2D eigenvalue weighted by molar-refractivity contribution is 0.509. The van der Waals surface area contributed by atoms with Crippen LogP contribution in [0.5, 0.6) is 0 Å². The second-order valence-corrected chi connectivity index (χ2v) is 5.71. The van der Waals surface area contributed by atoms with E-state index in [1.54, 1.807) is 10.6 Å². The Labute approximate surface area is 151 Å². The Kier molecular flexibility index (Phi) is 3.87. The van der Waals surface area contributed by atoms with Crippen LogP contribution in [0.1, 0.15) is 6.92 Å². The quantitative estimate of drug-likeness (QED) is 0.569. The van der Waals surface area contributed by atoms with Crippen LogP contribution in [0.15, 0.2) is 30.5 Å². The van der Waals surface area contributed by atoms with E-state index < -0.39 is 11.6 Å². The first-order valence-corrected chi connectivity index (χ1v) is 8.06. The molecule has 0 aliphatic carbocycles. The minimum absolute atomic E-state index is 0.00872. The van der Waals surface area contributed by atoms with Gasteiger partial charge in [0, 0.05) is 18.3 Å². The highest BCUT2D eigenvalue weighted by atomic mass is 19.2. The first kappa shape index (κ1) is 16.8. The Balaban J connectivity index is 2.03. The molecule has 8 nitrogen and oxygen atoms in total. The zero-order valence-electron chi connectivity index (χ0n) is 14.2. The number of benzene rings is 1. The molecule has 0 amide bonds. The van der Waals surface area contributed by atoms with Crippen molar-refractivity contribution in [3.63, 3.8) is 0 Å². The molecule has 4 N–H and O–H groups in total. The topological polar surface area (TPSA) is 121 Å². The normalized spacial score (nSPS) is 11.2. The maximum Gasteiger partial charge on any atom is 0.222 e. The van der Waals surface area contributed by atoms with Crippen LogP contribution in [0, 0.1) is 11.6 Å². The van der Waals surface area contributed by atoms with E-state index in [1.807, 2.05) is 6.92 Å². The van der Waals surface area contributed by atoms with Gasteiger partial charge in [0.05, 0.1) is 0 Å². The minimum Gasteiger partial charge on any atom is -0.368 e. The molecule has 4 rings (SSSR count). The summed E-state index contributed by atoms with van der Waals surface area (Å²) in [5.74, 6) is -1.35. The molecule has 3 heterocycles. The Bertz CT molecular complexity index is 1170. The van der Waals surface area contributed by atoms with Crippen molar-refractivity contribution in [2.45, 2.75) is 13.5 Å². The number of nitrogen functional groups attached to an aromatic ring is 2. The molecule has 0 unspecified atom stereocenters. The van der Waals surface area contributed by atoms with Crippen molar-refractivity contribution >= 4 is 23.1 Å². The first-order valence-electron chi connectivity index (χ1n) is 8.06. The van der Waals surface area contributed by atoms with E-state index in [4.69, 9.17) is 11.5 Å². The van der Waals surface area contributed by atoms with Crippen LogP contribution in [0.2, 0.25) is 0 Å². The van der Waals surface area contributed by atoms with Crippen molar-refractivity contribution in [2.24, 2.45) is 0 Å². The Morgan fingerprint density at radius 2 is 1.78 bits per heavy atom. The van der Waals surface area contributed by atoms with Crippen LogP contribution >= 0.6 is 0 Å². The zero-order chi connectivity index (χ0) is 19.1. The van der Waals surface area contributed by atoms with Crippen LogP contribution in [0.25, 0.3) is 33.9 Å². The van der Waals surface area contributed by atoms with E-state index in [2.05, 4.69) is 24.9 Å². The molecule has 1 aromatic carbocycles. The monoisotopic (exact) mass is 368 g/mol. The first-order chi connectivity index (χ1) is 13.0. The molecule has 10 heteroatoms. The van der Waals surface area contributed by atoms with Gasteiger partial charge in [0.25, 0.3) is 0 Å². The van der Waals surface area contributed by atoms with Crippen molar-refractivity contribution < 1.29 is 8.78 Å². The number of rotatable bonds is 3. The number of hydrogen-bond donors (Lipinski definition) is 2. The summed E-state index contributed by atoms with van der Waals surface area (Å²) in [6, 6.07) is 5.15. The van der Waals surface area contributed by atoms with Gasteiger partial charge in [-0.05, 0) is 31.2 Å². The number of anilines is 2. The summed E-state index contributed by atoms with van der Waals surface area (Å²) in [6.07, 6.45) is 1.52. The molecule has 0 saturated heterocycles. The van der Waals surface area contributed by atoms with Gasteiger partial charge in [-0.2, -0.15) is 4.98 Å². The fourth-order valence-corrected chi connectivity index (χ4v) is 2.86. The molecular weight excluding hydrogens is 354 g/mol. The SMILES string of the molecule is CCn1c(-c2ccnc(N)n2)nc2c(-c3ccc(F)c(F)c3)nc(N)nc21. The zero-order valence-corrected chi connectivity index (χ0v) is 14.2. The number of aromatic nitrogens is 6. The molecule has 0 aliphatic rings. The second-order valence-electron chi connectivity index (χ2n) is 5.71. The van der Waals surface area contributed by atoms with Crippen LogP contribution in [-0.4, -0.2) is 29.5 Å². The van der Waals surface area contributed by atoms with Gasteiger partial charge in [-0.3, -0.25) is 0 Å². The fraction of sp³-hybridized carbons (Fsp3) is 0.118. The largest absolute Gasteiger partial charge is 0.368 e. The molecule has 136 valence electrons. The number of nitrogens with zero attached hydrogens (tertiary/aromatic N) is 6. The van der Waals surface area contributed by atoms with Crippen molar-refractivity contribution in [3.05, 3.63) is 42.1 Å². The lowest BCUT2D eigenvalue weighted by Gasteiger charge is -2.06. The average molecular weight is 368 g/mol. The van der Waals surface area contributed by atoms with E-state index in [1.165, 1.54) is 12.3 Å². The summed E-state index contributed by atoms with van der Waals surface area (Å²) >= 11 is 0. The number of halogens is 2.